The molecule has 0 spiro atoms. The number of hydrogen-bond donors (Lipinski definition) is 1. The first-order valence-corrected chi connectivity index (χ1v) is 15.9. The van der Waals surface area contributed by atoms with Crippen molar-refractivity contribution >= 4 is 35.8 Å². The van der Waals surface area contributed by atoms with Gasteiger partial charge in [0, 0.05) is 12.3 Å². The van der Waals surface area contributed by atoms with Gasteiger partial charge in [-0.05, 0) is 31.0 Å². The second-order valence-corrected chi connectivity index (χ2v) is 11.6. The lowest BCUT2D eigenvalue weighted by Crippen LogP contribution is -2.47. The predicted octanol–water partition coefficient (Wildman–Crippen LogP) is 3.40. The number of carbonyl (C=O) groups excluding carboxylic acids is 6. The van der Waals surface area contributed by atoms with Crippen LogP contribution in [0.5, 0.6) is 17.2 Å². The van der Waals surface area contributed by atoms with Gasteiger partial charge in [0.1, 0.15) is 24.4 Å². The minimum absolute atomic E-state index is 0.0407. The van der Waals surface area contributed by atoms with Gasteiger partial charge in [-0.3, -0.25) is 24.0 Å². The average molecular weight is 691 g/mol. The number of methoxy groups -OCH3 is 1. The van der Waals surface area contributed by atoms with Crippen LogP contribution in [0.25, 0.3) is 0 Å². The normalized spacial score (nSPS) is 19.1. The van der Waals surface area contributed by atoms with Crippen LogP contribution in [0.1, 0.15) is 49.7 Å². The molecule has 1 aliphatic rings. The van der Waals surface area contributed by atoms with Gasteiger partial charge in [-0.1, -0.05) is 62.4 Å². The molecule has 1 aromatic heterocycles. The van der Waals surface area contributed by atoms with E-state index in [0.717, 1.165) is 5.56 Å². The fourth-order valence-electron chi connectivity index (χ4n) is 4.87. The Balaban J connectivity index is 1.50. The van der Waals surface area contributed by atoms with Crippen LogP contribution in [0.2, 0.25) is 0 Å². The number of aromatic nitrogens is 1. The zero-order chi connectivity index (χ0) is 36.2. The predicted molar refractivity (Wildman–Crippen MR) is 174 cm³/mol. The van der Waals surface area contributed by atoms with Crippen molar-refractivity contribution < 1.29 is 57.2 Å². The van der Waals surface area contributed by atoms with Gasteiger partial charge in [0.15, 0.2) is 23.6 Å². The van der Waals surface area contributed by atoms with E-state index >= 15 is 0 Å². The number of nitrogens with one attached hydrogen (secondary N) is 1. The summed E-state index contributed by atoms with van der Waals surface area (Å²) in [6.07, 6.45) is -1.72. The first kappa shape index (κ1) is 37.0. The van der Waals surface area contributed by atoms with E-state index in [0.29, 0.717) is 5.75 Å². The van der Waals surface area contributed by atoms with Gasteiger partial charge < -0.3 is 33.7 Å². The summed E-state index contributed by atoms with van der Waals surface area (Å²) in [5, 5.41) is 2.42. The van der Waals surface area contributed by atoms with Gasteiger partial charge in [0.25, 0.3) is 5.91 Å². The van der Waals surface area contributed by atoms with Gasteiger partial charge in [0.2, 0.25) is 5.75 Å². The van der Waals surface area contributed by atoms with E-state index in [-0.39, 0.29) is 24.3 Å². The number of ether oxygens (including phenoxy) is 6. The zero-order valence-corrected chi connectivity index (χ0v) is 28.0. The fourth-order valence-corrected chi connectivity index (χ4v) is 4.87. The quantitative estimate of drug-likeness (QED) is 0.166. The van der Waals surface area contributed by atoms with Crippen molar-refractivity contribution in [3.8, 4) is 17.2 Å². The van der Waals surface area contributed by atoms with Crippen molar-refractivity contribution in [1.82, 2.24) is 10.3 Å². The summed E-state index contributed by atoms with van der Waals surface area (Å²) < 4.78 is 32.7. The monoisotopic (exact) mass is 690 g/mol. The molecule has 0 bridgehead atoms. The Bertz CT molecular complexity index is 1680. The molecule has 0 unspecified atom stereocenters. The molecular weight excluding hydrogens is 652 g/mol. The minimum atomic E-state index is -1.53. The third-order valence-corrected chi connectivity index (χ3v) is 7.50. The van der Waals surface area contributed by atoms with Gasteiger partial charge in [0.05, 0.1) is 25.9 Å². The lowest BCUT2D eigenvalue weighted by atomic mass is 9.91. The maximum Gasteiger partial charge on any atom is 0.332 e. The summed E-state index contributed by atoms with van der Waals surface area (Å²) in [7, 11) is 1.27. The topological polar surface area (TPSA) is 183 Å². The van der Waals surface area contributed by atoms with Crippen molar-refractivity contribution in [1.29, 1.82) is 0 Å². The van der Waals surface area contributed by atoms with Gasteiger partial charge in [-0.15, -0.1) is 0 Å². The van der Waals surface area contributed by atoms with Crippen LogP contribution in [0, 0.1) is 11.8 Å². The highest BCUT2D eigenvalue weighted by Crippen LogP contribution is 2.30. The molecule has 0 aliphatic carbocycles. The lowest BCUT2D eigenvalue weighted by molar-refractivity contribution is -0.176. The standard InChI is InChI=1S/C36H38N2O12/c1-21(2)34(42)50-31-22(3)47-36(44)26(20-46-35(43)25(31)19-23-11-7-5-8-12-23)38-33(41)30-32(27(45-4)17-18-37-30)49-29(40)16-15-28(39)48-24-13-9-6-10-14-24/h5-14,17-18,21-22,25-26,31H,15-16,19-20H2,1-4H3,(H,38,41)/t22-,25+,26-,31-/m0/s1. The molecule has 1 N–H and O–H groups in total. The van der Waals surface area contributed by atoms with Crippen molar-refractivity contribution in [2.45, 2.75) is 58.3 Å². The number of cyclic esters (lactones) is 2. The van der Waals surface area contributed by atoms with Crippen LogP contribution in [0.15, 0.2) is 72.9 Å². The summed E-state index contributed by atoms with van der Waals surface area (Å²) in [5.74, 6) is -6.63. The second kappa shape index (κ2) is 17.6. The number of amides is 1. The molecule has 3 aromatic rings. The highest BCUT2D eigenvalue weighted by molar-refractivity contribution is 5.99. The molecule has 4 rings (SSSR count). The third kappa shape index (κ3) is 10.1. The van der Waals surface area contributed by atoms with Crippen LogP contribution in [-0.2, 0) is 44.6 Å². The Morgan fingerprint density at radius 3 is 2.18 bits per heavy atom. The summed E-state index contributed by atoms with van der Waals surface area (Å²) in [6.45, 7) is 4.10. The number of carbonyl (C=O) groups is 6. The molecule has 1 fully saturated rings. The molecule has 14 nitrogen and oxygen atoms in total. The van der Waals surface area contributed by atoms with E-state index in [4.69, 9.17) is 28.4 Å². The number of hydrogen-bond acceptors (Lipinski definition) is 13. The number of rotatable bonds is 12. The van der Waals surface area contributed by atoms with Gasteiger partial charge in [-0.25, -0.2) is 9.78 Å². The highest BCUT2D eigenvalue weighted by atomic mass is 16.6. The maximum absolute atomic E-state index is 13.5. The van der Waals surface area contributed by atoms with Crippen LogP contribution >= 0.6 is 0 Å². The molecule has 50 heavy (non-hydrogen) atoms. The Labute approximate surface area is 288 Å². The summed E-state index contributed by atoms with van der Waals surface area (Å²) in [5.41, 5.74) is 0.309. The van der Waals surface area contributed by atoms with Crippen LogP contribution < -0.4 is 19.5 Å². The molecule has 1 amide bonds. The SMILES string of the molecule is COc1ccnc(C(=O)N[C@H]2COC(=O)[C@H](Cc3ccccc3)[C@@H](OC(=O)C(C)C)[C@H](C)OC2=O)c1OC(=O)CCC(=O)Oc1ccccc1. The average Bonchev–Trinajstić information content (AvgIpc) is 3.13. The van der Waals surface area contributed by atoms with Crippen LogP contribution in [0.3, 0.4) is 0 Å². The molecule has 0 radical (unpaired) electrons. The van der Waals surface area contributed by atoms with E-state index in [1.165, 1.54) is 26.3 Å². The van der Waals surface area contributed by atoms with Gasteiger partial charge in [-0.2, -0.15) is 0 Å². The molecule has 2 aromatic carbocycles. The highest BCUT2D eigenvalue weighted by Gasteiger charge is 2.42. The number of benzene rings is 2. The third-order valence-electron chi connectivity index (χ3n) is 7.50. The lowest BCUT2D eigenvalue weighted by Gasteiger charge is -2.29. The molecule has 14 heteroatoms. The molecule has 4 atom stereocenters. The van der Waals surface area contributed by atoms with Crippen molar-refractivity contribution in [3.63, 3.8) is 0 Å². The molecule has 1 aliphatic heterocycles. The zero-order valence-electron chi connectivity index (χ0n) is 28.0. The van der Waals surface area contributed by atoms with Crippen LogP contribution in [-0.4, -0.2) is 72.7 Å². The smallest absolute Gasteiger partial charge is 0.332 e. The number of pyridine rings is 1. The fraction of sp³-hybridized carbons (Fsp3) is 0.361. The first-order chi connectivity index (χ1) is 24.0. The van der Waals surface area contributed by atoms with Gasteiger partial charge >= 0.3 is 29.8 Å². The van der Waals surface area contributed by atoms with Crippen LogP contribution in [0.4, 0.5) is 0 Å². The molecule has 0 saturated carbocycles. The molecule has 264 valence electrons. The van der Waals surface area contributed by atoms with E-state index in [1.54, 1.807) is 68.4 Å². The Morgan fingerprint density at radius 2 is 1.54 bits per heavy atom. The largest absolute Gasteiger partial charge is 0.493 e. The second-order valence-electron chi connectivity index (χ2n) is 11.6. The summed E-state index contributed by atoms with van der Waals surface area (Å²) >= 11 is 0. The number of para-hydroxylation sites is 1. The van der Waals surface area contributed by atoms with Crippen molar-refractivity contribution in [3.05, 3.63) is 84.2 Å². The maximum atomic E-state index is 13.5. The Kier molecular flexibility index (Phi) is 13.0. The first-order valence-electron chi connectivity index (χ1n) is 15.9. The Hall–Kier alpha value is -5.79. The van der Waals surface area contributed by atoms with E-state index in [2.05, 4.69) is 10.3 Å². The molecule has 1 saturated heterocycles. The number of nitrogens with zero attached hydrogens (tertiary/aromatic N) is 1. The van der Waals surface area contributed by atoms with E-state index in [1.807, 2.05) is 6.07 Å². The number of esters is 5. The molecular formula is C36H38N2O12. The van der Waals surface area contributed by atoms with E-state index < -0.39 is 84.6 Å². The molecule has 2 heterocycles. The van der Waals surface area contributed by atoms with Crippen molar-refractivity contribution in [2.75, 3.05) is 13.7 Å². The Morgan fingerprint density at radius 1 is 0.900 bits per heavy atom. The van der Waals surface area contributed by atoms with Crippen molar-refractivity contribution in [2.24, 2.45) is 11.8 Å². The summed E-state index contributed by atoms with van der Waals surface area (Å²) in [4.78, 5) is 82.0. The summed E-state index contributed by atoms with van der Waals surface area (Å²) in [6, 6.07) is 17.1. The minimum Gasteiger partial charge on any atom is -0.493 e. The van der Waals surface area contributed by atoms with E-state index in [9.17, 15) is 28.8 Å².